The predicted molar refractivity (Wildman–Crippen MR) is 194 cm³/mol. The Morgan fingerprint density at radius 2 is 1.17 bits per heavy atom. The topological polar surface area (TPSA) is 220 Å². The molecule has 0 saturated carbocycles. The van der Waals surface area contributed by atoms with Crippen molar-refractivity contribution in [3.8, 4) is 0 Å². The molecule has 3 heterocycles. The van der Waals surface area contributed by atoms with Crippen LogP contribution in [0, 0.1) is 39.9 Å². The molecule has 2 aliphatic heterocycles. The number of fused-ring (bicyclic) bond motifs is 2. The Labute approximate surface area is 344 Å². The second-order valence-electron chi connectivity index (χ2n) is 13.5. The van der Waals surface area contributed by atoms with E-state index in [4.69, 9.17) is 4.98 Å². The fraction of sp³-hybridized carbons (Fsp3) is 0.714. The number of aliphatic carboxylic acids is 3. The van der Waals surface area contributed by atoms with Crippen LogP contribution in [0.1, 0.15) is 55.5 Å². The maximum absolute atomic E-state index is 13.0. The molecule has 7 N–H and O–H groups in total. The van der Waals surface area contributed by atoms with Crippen LogP contribution >= 0.6 is 0 Å². The molecule has 0 spiro atoms. The number of nitrogens with zero attached hydrogens (tertiary/aromatic N) is 5. The Hall–Kier alpha value is -2.42. The summed E-state index contributed by atoms with van der Waals surface area (Å²) >= 11 is 0. The smallest absolute Gasteiger partial charge is 0.480 e. The molecule has 17 nitrogen and oxygen atoms in total. The van der Waals surface area contributed by atoms with Crippen molar-refractivity contribution in [3.05, 3.63) is 29.1 Å². The SMILES string of the molecule is O=C(O)CN1CCN(CC(=O)O)Cc2cc(CCCNC(=O)CCCC(=O)N3CCCNCCNCCCNCC3)cc(n2)CN(CC(=O)O)CC1.[Gd+3]. The molecule has 2 bridgehead atoms. The molecular weight excluding hydrogens is 832 g/mol. The van der Waals surface area contributed by atoms with Gasteiger partial charge in [-0.1, -0.05) is 0 Å². The number of carboxylic acid groups (broad SMARTS) is 3. The van der Waals surface area contributed by atoms with E-state index in [9.17, 15) is 39.3 Å². The second-order valence-corrected chi connectivity index (χ2v) is 13.5. The molecule has 1 fully saturated rings. The number of carbonyl (C=O) groups is 5. The Bertz CT molecular complexity index is 1230. The molecular formula is C35H59GdN9O8+3. The first-order chi connectivity index (χ1) is 25.1. The number of rotatable bonds is 14. The first-order valence-corrected chi connectivity index (χ1v) is 18.5. The molecule has 297 valence electrons. The molecule has 18 heteroatoms. The zero-order valence-electron chi connectivity index (χ0n) is 30.8. The monoisotopic (exact) mass is 891 g/mol. The summed E-state index contributed by atoms with van der Waals surface area (Å²) in [6, 6.07) is 3.80. The number of nitrogens with one attached hydrogen (secondary N) is 4. The summed E-state index contributed by atoms with van der Waals surface area (Å²) in [6.07, 6.45) is 4.22. The third kappa shape index (κ3) is 21.3. The van der Waals surface area contributed by atoms with Crippen molar-refractivity contribution in [1.29, 1.82) is 0 Å². The number of pyridine rings is 1. The van der Waals surface area contributed by atoms with Crippen molar-refractivity contribution in [2.45, 2.75) is 58.0 Å². The molecule has 1 aromatic rings. The average Bonchev–Trinajstić information content (AvgIpc) is 3.07. The maximum Gasteiger partial charge on any atom is 3.00 e. The quantitative estimate of drug-likeness (QED) is 0.110. The second kappa shape index (κ2) is 27.2. The van der Waals surface area contributed by atoms with Crippen LogP contribution in [0.3, 0.4) is 0 Å². The van der Waals surface area contributed by atoms with E-state index < -0.39 is 17.9 Å². The van der Waals surface area contributed by atoms with Crippen LogP contribution < -0.4 is 21.3 Å². The maximum atomic E-state index is 13.0. The molecule has 2 amide bonds. The van der Waals surface area contributed by atoms with Gasteiger partial charge in [-0.15, -0.1) is 0 Å². The number of hydrogen-bond donors (Lipinski definition) is 7. The number of carboxylic acids is 3. The molecule has 0 aromatic carbocycles. The molecule has 0 atom stereocenters. The van der Waals surface area contributed by atoms with Crippen LogP contribution in [0.2, 0.25) is 0 Å². The van der Waals surface area contributed by atoms with Gasteiger partial charge in [0, 0.05) is 91.4 Å². The summed E-state index contributed by atoms with van der Waals surface area (Å²) in [5.74, 6) is -3.06. The van der Waals surface area contributed by atoms with Crippen LogP contribution in [0.5, 0.6) is 0 Å². The largest absolute Gasteiger partial charge is 3.00 e. The van der Waals surface area contributed by atoms with E-state index in [1.807, 2.05) is 17.0 Å². The van der Waals surface area contributed by atoms with Crippen molar-refractivity contribution in [2.75, 3.05) is 105 Å². The van der Waals surface area contributed by atoms with Gasteiger partial charge in [0.2, 0.25) is 11.8 Å². The minimum atomic E-state index is -1.01. The van der Waals surface area contributed by atoms with Gasteiger partial charge in [-0.3, -0.25) is 43.7 Å². The zero-order chi connectivity index (χ0) is 37.6. The van der Waals surface area contributed by atoms with E-state index in [0.717, 1.165) is 57.7 Å². The zero-order valence-corrected chi connectivity index (χ0v) is 33.1. The number of carbonyl (C=O) groups excluding carboxylic acids is 2. The molecule has 1 aromatic heterocycles. The van der Waals surface area contributed by atoms with Gasteiger partial charge in [-0.2, -0.15) is 0 Å². The van der Waals surface area contributed by atoms with Crippen molar-refractivity contribution < 1.29 is 79.2 Å². The summed E-state index contributed by atoms with van der Waals surface area (Å²) in [7, 11) is 0. The fourth-order valence-electron chi connectivity index (χ4n) is 6.35. The molecule has 1 radical (unpaired) electrons. The Morgan fingerprint density at radius 3 is 1.75 bits per heavy atom. The van der Waals surface area contributed by atoms with Crippen molar-refractivity contribution >= 4 is 29.7 Å². The molecule has 53 heavy (non-hydrogen) atoms. The summed E-state index contributed by atoms with van der Waals surface area (Å²) in [5, 5.41) is 41.6. The van der Waals surface area contributed by atoms with Crippen LogP contribution in [0.25, 0.3) is 0 Å². The van der Waals surface area contributed by atoms with Crippen LogP contribution in [0.4, 0.5) is 0 Å². The van der Waals surface area contributed by atoms with Crippen molar-refractivity contribution in [2.24, 2.45) is 0 Å². The number of hydrogen-bond acceptors (Lipinski definition) is 12. The van der Waals surface area contributed by atoms with Gasteiger partial charge in [0.15, 0.2) is 0 Å². The van der Waals surface area contributed by atoms with Gasteiger partial charge >= 0.3 is 57.8 Å². The Kier molecular flexibility index (Phi) is 24.0. The van der Waals surface area contributed by atoms with E-state index in [1.165, 1.54) is 0 Å². The first kappa shape index (κ1) is 46.7. The Morgan fingerprint density at radius 1 is 0.642 bits per heavy atom. The minimum Gasteiger partial charge on any atom is -0.480 e. The fourth-order valence-corrected chi connectivity index (χ4v) is 6.35. The number of amides is 2. The van der Waals surface area contributed by atoms with Crippen molar-refractivity contribution in [3.63, 3.8) is 0 Å². The first-order valence-electron chi connectivity index (χ1n) is 18.5. The normalized spacial score (nSPS) is 18.0. The molecule has 0 aliphatic carbocycles. The number of aromatic nitrogens is 1. The van der Waals surface area contributed by atoms with Crippen molar-refractivity contribution in [1.82, 2.24) is 45.9 Å². The van der Waals surface area contributed by atoms with Gasteiger partial charge in [-0.25, -0.2) is 0 Å². The van der Waals surface area contributed by atoms with Gasteiger partial charge in [0.25, 0.3) is 0 Å². The minimum absolute atomic E-state index is 0. The third-order valence-electron chi connectivity index (χ3n) is 8.94. The van der Waals surface area contributed by atoms with Gasteiger partial charge < -0.3 is 41.5 Å². The number of aryl methyl sites for hydroxylation is 1. The molecule has 0 unspecified atom stereocenters. The standard InChI is InChI=1S/C35H59N9O8.Gd/c45-31(6-1-7-32(46)44-15-4-10-37-13-12-36-8-3-9-38-14-16-44)39-11-2-5-28-21-29-23-42(26-34(49)50)19-17-41(25-33(47)48)18-20-43(27-35(51)52)24-30(22-28)40-29;/h21-22,36-38H,1-20,23-27H2,(H,39,45)(H,47,48)(H,49,50)(H,51,52);/q;+3. The summed E-state index contributed by atoms with van der Waals surface area (Å²) in [5.41, 5.74) is 2.21. The summed E-state index contributed by atoms with van der Waals surface area (Å²) in [4.78, 5) is 72.1. The van der Waals surface area contributed by atoms with E-state index in [2.05, 4.69) is 21.3 Å². The van der Waals surface area contributed by atoms with Gasteiger partial charge in [0.05, 0.1) is 31.0 Å². The van der Waals surface area contributed by atoms with Crippen LogP contribution in [-0.2, 0) is 43.5 Å². The molecule has 2 aliphatic rings. The van der Waals surface area contributed by atoms with Gasteiger partial charge in [0.1, 0.15) is 0 Å². The third-order valence-corrected chi connectivity index (χ3v) is 8.94. The van der Waals surface area contributed by atoms with E-state index >= 15 is 0 Å². The molecule has 1 saturated heterocycles. The van der Waals surface area contributed by atoms with Crippen LogP contribution in [0.15, 0.2) is 12.1 Å². The molecule has 3 rings (SSSR count). The van der Waals surface area contributed by atoms with Crippen LogP contribution in [-0.4, -0.2) is 174 Å². The predicted octanol–water partition coefficient (Wildman–Crippen LogP) is -1.13. The van der Waals surface area contributed by atoms with Gasteiger partial charge in [-0.05, 0) is 69.4 Å². The Balaban J connectivity index is 0.00000972. The van der Waals surface area contributed by atoms with E-state index in [1.54, 1.807) is 14.7 Å². The average molecular weight is 891 g/mol. The van der Waals surface area contributed by atoms with E-state index in [0.29, 0.717) is 82.9 Å². The van der Waals surface area contributed by atoms with E-state index in [-0.39, 0.29) is 90.9 Å². The summed E-state index contributed by atoms with van der Waals surface area (Å²) < 4.78 is 0. The summed E-state index contributed by atoms with van der Waals surface area (Å²) in [6.45, 7) is 7.99.